The fourth-order valence-corrected chi connectivity index (χ4v) is 3.60. The molecular weight excluding hydrogens is 302 g/mol. The second kappa shape index (κ2) is 7.18. The molecule has 0 radical (unpaired) electrons. The predicted octanol–water partition coefficient (Wildman–Crippen LogP) is 1.33. The number of likely N-dealkylation sites (tertiary alicyclic amines) is 1. The summed E-state index contributed by atoms with van der Waals surface area (Å²) in [4.78, 5) is 23.5. The molecular formula is C18H25N5O. The molecule has 1 amide bonds. The number of piperazine rings is 1. The highest BCUT2D eigenvalue weighted by Gasteiger charge is 2.32. The molecule has 6 nitrogen and oxygen atoms in total. The fraction of sp³-hybridized carbons (Fsp3) is 0.611. The van der Waals surface area contributed by atoms with Crippen molar-refractivity contribution in [2.45, 2.75) is 25.8 Å². The minimum atomic E-state index is 0.180. The lowest BCUT2D eigenvalue weighted by Gasteiger charge is -2.40. The molecule has 0 aliphatic carbocycles. The van der Waals surface area contributed by atoms with Gasteiger partial charge in [0.15, 0.2) is 0 Å². The van der Waals surface area contributed by atoms with E-state index in [1.54, 1.807) is 12.3 Å². The minimum Gasteiger partial charge on any atom is -0.367 e. The van der Waals surface area contributed by atoms with Crippen LogP contribution in [-0.4, -0.2) is 66.5 Å². The van der Waals surface area contributed by atoms with E-state index in [1.807, 2.05) is 17.0 Å². The molecule has 2 aliphatic rings. The Balaban J connectivity index is 1.54. The maximum Gasteiger partial charge on any atom is 0.225 e. The van der Waals surface area contributed by atoms with Gasteiger partial charge in [-0.05, 0) is 45.5 Å². The Bertz CT molecular complexity index is 615. The number of carbonyl (C=O) groups excluding carboxylic acids is 1. The van der Waals surface area contributed by atoms with Crippen molar-refractivity contribution < 1.29 is 4.79 Å². The topological polar surface area (TPSA) is 63.5 Å². The molecule has 1 aromatic rings. The number of nitriles is 1. The molecule has 1 aromatic heterocycles. The SMILES string of the molecule is C[C@@H]1C[C@H](C(=O)N2CCN(c3ccc(C#N)nc3)CC2)CCN1C. The Labute approximate surface area is 143 Å². The van der Waals surface area contributed by atoms with E-state index < -0.39 is 0 Å². The van der Waals surface area contributed by atoms with E-state index in [0.29, 0.717) is 17.6 Å². The number of rotatable bonds is 2. The normalized spacial score (nSPS) is 25.4. The van der Waals surface area contributed by atoms with E-state index in [1.165, 1.54) is 0 Å². The Morgan fingerprint density at radius 1 is 1.25 bits per heavy atom. The van der Waals surface area contributed by atoms with Gasteiger partial charge >= 0.3 is 0 Å². The number of anilines is 1. The van der Waals surface area contributed by atoms with E-state index in [-0.39, 0.29) is 5.92 Å². The highest BCUT2D eigenvalue weighted by molar-refractivity contribution is 5.79. The molecule has 3 heterocycles. The molecule has 2 aliphatic heterocycles. The zero-order valence-electron chi connectivity index (χ0n) is 14.5. The van der Waals surface area contributed by atoms with Crippen molar-refractivity contribution in [1.29, 1.82) is 5.26 Å². The zero-order chi connectivity index (χ0) is 17.1. The van der Waals surface area contributed by atoms with Crippen LogP contribution >= 0.6 is 0 Å². The quantitative estimate of drug-likeness (QED) is 0.820. The Kier molecular flexibility index (Phi) is 5.00. The molecule has 3 rings (SSSR count). The molecule has 2 saturated heterocycles. The summed E-state index contributed by atoms with van der Waals surface area (Å²) in [7, 11) is 2.13. The Hall–Kier alpha value is -2.13. The van der Waals surface area contributed by atoms with Crippen LogP contribution in [0.2, 0.25) is 0 Å². The predicted molar refractivity (Wildman–Crippen MR) is 92.6 cm³/mol. The van der Waals surface area contributed by atoms with Crippen molar-refractivity contribution >= 4 is 11.6 Å². The summed E-state index contributed by atoms with van der Waals surface area (Å²) in [6, 6.07) is 6.20. The number of carbonyl (C=O) groups is 1. The molecule has 0 bridgehead atoms. The maximum atomic E-state index is 12.8. The molecule has 0 unspecified atom stereocenters. The number of aromatic nitrogens is 1. The van der Waals surface area contributed by atoms with Crippen molar-refractivity contribution in [2.75, 3.05) is 44.7 Å². The van der Waals surface area contributed by atoms with Crippen LogP contribution in [0.5, 0.6) is 0 Å². The van der Waals surface area contributed by atoms with Gasteiger partial charge in [-0.3, -0.25) is 4.79 Å². The number of hydrogen-bond donors (Lipinski definition) is 0. The van der Waals surface area contributed by atoms with Crippen molar-refractivity contribution in [3.63, 3.8) is 0 Å². The maximum absolute atomic E-state index is 12.8. The lowest BCUT2D eigenvalue weighted by molar-refractivity contribution is -0.137. The first-order valence-electron chi connectivity index (χ1n) is 8.68. The third-order valence-electron chi connectivity index (χ3n) is 5.38. The monoisotopic (exact) mass is 327 g/mol. The van der Waals surface area contributed by atoms with Gasteiger partial charge in [0.05, 0.1) is 11.9 Å². The second-order valence-electron chi connectivity index (χ2n) is 6.88. The largest absolute Gasteiger partial charge is 0.367 e. The fourth-order valence-electron chi connectivity index (χ4n) is 3.60. The van der Waals surface area contributed by atoms with Crippen LogP contribution in [0.3, 0.4) is 0 Å². The third kappa shape index (κ3) is 3.51. The van der Waals surface area contributed by atoms with Gasteiger partial charge in [-0.25, -0.2) is 4.98 Å². The van der Waals surface area contributed by atoms with Gasteiger partial charge in [-0.2, -0.15) is 5.26 Å². The van der Waals surface area contributed by atoms with Gasteiger partial charge in [-0.1, -0.05) is 0 Å². The van der Waals surface area contributed by atoms with Crippen molar-refractivity contribution in [3.05, 3.63) is 24.0 Å². The van der Waals surface area contributed by atoms with Crippen molar-refractivity contribution in [2.24, 2.45) is 5.92 Å². The number of nitrogens with zero attached hydrogens (tertiary/aromatic N) is 5. The first-order valence-corrected chi connectivity index (χ1v) is 8.68. The number of amides is 1. The Morgan fingerprint density at radius 2 is 2.00 bits per heavy atom. The minimum absolute atomic E-state index is 0.180. The lowest BCUT2D eigenvalue weighted by atomic mass is 9.90. The van der Waals surface area contributed by atoms with Crippen LogP contribution in [0.15, 0.2) is 18.3 Å². The first kappa shape index (κ1) is 16.7. The number of pyridine rings is 1. The highest BCUT2D eigenvalue weighted by atomic mass is 16.2. The van der Waals surface area contributed by atoms with Gasteiger partial charge < -0.3 is 14.7 Å². The van der Waals surface area contributed by atoms with Gasteiger partial charge in [0.2, 0.25) is 5.91 Å². The summed E-state index contributed by atoms with van der Waals surface area (Å²) < 4.78 is 0. The van der Waals surface area contributed by atoms with Crippen molar-refractivity contribution in [1.82, 2.24) is 14.8 Å². The van der Waals surface area contributed by atoms with Gasteiger partial charge in [0.1, 0.15) is 11.8 Å². The van der Waals surface area contributed by atoms with Crippen LogP contribution in [-0.2, 0) is 4.79 Å². The summed E-state index contributed by atoms with van der Waals surface area (Å²) in [6.45, 7) is 6.38. The van der Waals surface area contributed by atoms with Crippen LogP contribution in [0, 0.1) is 17.2 Å². The van der Waals surface area contributed by atoms with E-state index in [2.05, 4.69) is 28.8 Å². The average molecular weight is 327 g/mol. The zero-order valence-corrected chi connectivity index (χ0v) is 14.5. The molecule has 2 atom stereocenters. The van der Waals surface area contributed by atoms with E-state index in [4.69, 9.17) is 5.26 Å². The number of piperidine rings is 1. The van der Waals surface area contributed by atoms with E-state index >= 15 is 0 Å². The van der Waals surface area contributed by atoms with Gasteiger partial charge in [0.25, 0.3) is 0 Å². The molecule has 24 heavy (non-hydrogen) atoms. The summed E-state index contributed by atoms with van der Waals surface area (Å²) in [5.41, 5.74) is 1.46. The number of hydrogen-bond acceptors (Lipinski definition) is 5. The summed E-state index contributed by atoms with van der Waals surface area (Å²) in [5.74, 6) is 0.506. The van der Waals surface area contributed by atoms with Gasteiger partial charge in [-0.15, -0.1) is 0 Å². The first-order chi connectivity index (χ1) is 11.6. The van der Waals surface area contributed by atoms with Crippen LogP contribution in [0.25, 0.3) is 0 Å². The third-order valence-corrected chi connectivity index (χ3v) is 5.38. The molecule has 0 N–H and O–H groups in total. The molecule has 128 valence electrons. The summed E-state index contributed by atoms with van der Waals surface area (Å²) in [5, 5.41) is 8.82. The van der Waals surface area contributed by atoms with Crippen LogP contribution in [0.1, 0.15) is 25.5 Å². The smallest absolute Gasteiger partial charge is 0.225 e. The van der Waals surface area contributed by atoms with Crippen LogP contribution in [0.4, 0.5) is 5.69 Å². The standard InChI is InChI=1S/C18H25N5O/c1-14-11-15(5-6-21(14)2)18(24)23-9-7-22(8-10-23)17-4-3-16(12-19)20-13-17/h3-4,13-15H,5-11H2,1-2H3/t14-,15-/m1/s1. The summed E-state index contributed by atoms with van der Waals surface area (Å²) >= 11 is 0. The van der Waals surface area contributed by atoms with Crippen LogP contribution < -0.4 is 4.90 Å². The molecule has 2 fully saturated rings. The lowest BCUT2D eigenvalue weighted by Crippen LogP contribution is -2.52. The van der Waals surface area contributed by atoms with Crippen molar-refractivity contribution in [3.8, 4) is 6.07 Å². The molecule has 6 heteroatoms. The van der Waals surface area contributed by atoms with E-state index in [9.17, 15) is 4.79 Å². The average Bonchev–Trinajstić information content (AvgIpc) is 2.63. The second-order valence-corrected chi connectivity index (χ2v) is 6.88. The Morgan fingerprint density at radius 3 is 2.58 bits per heavy atom. The molecule has 0 saturated carbocycles. The molecule has 0 spiro atoms. The van der Waals surface area contributed by atoms with Gasteiger partial charge in [0, 0.05) is 38.1 Å². The highest BCUT2D eigenvalue weighted by Crippen LogP contribution is 2.24. The summed E-state index contributed by atoms with van der Waals surface area (Å²) in [6.07, 6.45) is 3.68. The van der Waals surface area contributed by atoms with E-state index in [0.717, 1.165) is 51.3 Å². The molecule has 0 aromatic carbocycles.